The maximum Gasteiger partial charge on any atom is 0.231 e. The van der Waals surface area contributed by atoms with Gasteiger partial charge in [-0.3, -0.25) is 9.69 Å². The minimum Gasteiger partial charge on any atom is -0.492 e. The van der Waals surface area contributed by atoms with Gasteiger partial charge >= 0.3 is 0 Å². The van der Waals surface area contributed by atoms with Gasteiger partial charge in [0, 0.05) is 30.5 Å². The van der Waals surface area contributed by atoms with E-state index in [-0.39, 0.29) is 18.8 Å². The number of benzene rings is 1. The molecule has 3 aliphatic rings. The van der Waals surface area contributed by atoms with Crippen molar-refractivity contribution in [1.29, 1.82) is 0 Å². The summed E-state index contributed by atoms with van der Waals surface area (Å²) >= 11 is 0. The molecule has 2 aliphatic heterocycles. The first-order chi connectivity index (χ1) is 15.0. The number of rotatable bonds is 7. The number of Topliss-reactive ketones (excluding diaryl/α,β-unsaturated/α-hetero) is 1. The van der Waals surface area contributed by atoms with Crippen molar-refractivity contribution >= 4 is 5.78 Å². The van der Waals surface area contributed by atoms with Gasteiger partial charge in [-0.2, -0.15) is 0 Å². The van der Waals surface area contributed by atoms with Crippen molar-refractivity contribution in [1.82, 2.24) is 4.90 Å². The predicted octanol–water partition coefficient (Wildman–Crippen LogP) is 5.39. The molecule has 1 aromatic carbocycles. The highest BCUT2D eigenvalue weighted by molar-refractivity contribution is 5.82. The molecule has 0 fully saturated rings. The molecule has 0 spiro atoms. The highest BCUT2D eigenvalue weighted by Crippen LogP contribution is 2.50. The van der Waals surface area contributed by atoms with E-state index >= 15 is 0 Å². The van der Waals surface area contributed by atoms with Crippen molar-refractivity contribution in [2.45, 2.75) is 64.8 Å². The zero-order valence-electron chi connectivity index (χ0n) is 19.3. The first-order valence-corrected chi connectivity index (χ1v) is 11.5. The van der Waals surface area contributed by atoms with Crippen molar-refractivity contribution in [2.24, 2.45) is 5.92 Å². The van der Waals surface area contributed by atoms with Crippen LogP contribution in [0.25, 0.3) is 0 Å². The van der Waals surface area contributed by atoms with E-state index in [9.17, 15) is 4.79 Å². The third-order valence-corrected chi connectivity index (χ3v) is 6.92. The molecule has 4 rings (SSSR count). The molecule has 0 saturated carbocycles. The van der Waals surface area contributed by atoms with E-state index in [1.165, 1.54) is 16.7 Å². The van der Waals surface area contributed by atoms with Crippen LogP contribution >= 0.6 is 0 Å². The molecule has 0 amide bonds. The summed E-state index contributed by atoms with van der Waals surface area (Å²) in [5.41, 5.74) is 5.19. The van der Waals surface area contributed by atoms with Crippen molar-refractivity contribution in [3.63, 3.8) is 0 Å². The zero-order valence-corrected chi connectivity index (χ0v) is 19.3. The van der Waals surface area contributed by atoms with Gasteiger partial charge in [-0.05, 0) is 71.0 Å². The monoisotopic (exact) mass is 425 g/mol. The fourth-order valence-corrected chi connectivity index (χ4v) is 5.09. The van der Waals surface area contributed by atoms with E-state index in [1.54, 1.807) is 7.11 Å². The number of likely N-dealkylation sites (N-methyl/N-ethyl adjacent to an activating group) is 1. The Labute approximate surface area is 186 Å². The molecule has 2 atom stereocenters. The number of carbonyl (C=O) groups is 1. The van der Waals surface area contributed by atoms with Crippen LogP contribution in [0.1, 0.15) is 69.5 Å². The molecule has 1 aromatic rings. The summed E-state index contributed by atoms with van der Waals surface area (Å²) in [6.45, 7) is 5.44. The van der Waals surface area contributed by atoms with Crippen LogP contribution in [-0.2, 0) is 11.2 Å². The molecular formula is C26H35NO4. The maximum absolute atomic E-state index is 13.3. The Hall–Kier alpha value is -2.27. The molecular weight excluding hydrogens is 390 g/mol. The number of allylic oxidation sites excluding steroid dienone is 4. The van der Waals surface area contributed by atoms with Gasteiger partial charge in [-0.15, -0.1) is 0 Å². The van der Waals surface area contributed by atoms with Crippen LogP contribution in [0.3, 0.4) is 0 Å². The number of ether oxygens (including phenoxy) is 3. The lowest BCUT2D eigenvalue weighted by Gasteiger charge is -2.36. The Balaban J connectivity index is 1.47. The normalized spacial score (nSPS) is 22.5. The molecule has 168 valence electrons. The summed E-state index contributed by atoms with van der Waals surface area (Å²) in [6.07, 6.45) is 11.2. The van der Waals surface area contributed by atoms with E-state index in [4.69, 9.17) is 14.2 Å². The van der Waals surface area contributed by atoms with E-state index in [1.807, 2.05) is 0 Å². The smallest absolute Gasteiger partial charge is 0.231 e. The number of nitrogens with zero attached hydrogens (tertiary/aromatic N) is 1. The van der Waals surface area contributed by atoms with Gasteiger partial charge in [0.2, 0.25) is 12.5 Å². The van der Waals surface area contributed by atoms with E-state index in [2.05, 4.69) is 44.0 Å². The molecule has 2 heterocycles. The average Bonchev–Trinajstić information content (AvgIpc) is 3.22. The molecule has 0 bridgehead atoms. The topological polar surface area (TPSA) is 48.0 Å². The van der Waals surface area contributed by atoms with E-state index in [0.29, 0.717) is 18.0 Å². The van der Waals surface area contributed by atoms with Crippen molar-refractivity contribution < 1.29 is 19.0 Å². The Morgan fingerprint density at radius 1 is 1.29 bits per heavy atom. The number of methoxy groups -OCH3 is 1. The van der Waals surface area contributed by atoms with Crippen LogP contribution in [0.15, 0.2) is 29.4 Å². The van der Waals surface area contributed by atoms with Gasteiger partial charge in [0.1, 0.15) is 5.78 Å². The fraction of sp³-hybridized carbons (Fsp3) is 0.577. The lowest BCUT2D eigenvalue weighted by atomic mass is 9.81. The van der Waals surface area contributed by atoms with Crippen molar-refractivity contribution in [3.8, 4) is 17.2 Å². The molecule has 0 aromatic heterocycles. The highest BCUT2D eigenvalue weighted by Gasteiger charge is 2.36. The Bertz CT molecular complexity index is 897. The number of hydrogen-bond acceptors (Lipinski definition) is 5. The average molecular weight is 426 g/mol. The molecule has 0 unspecified atom stereocenters. The van der Waals surface area contributed by atoms with Crippen LogP contribution in [-0.4, -0.2) is 38.2 Å². The van der Waals surface area contributed by atoms with E-state index < -0.39 is 0 Å². The molecule has 1 aliphatic carbocycles. The van der Waals surface area contributed by atoms with Gasteiger partial charge in [0.15, 0.2) is 11.5 Å². The first-order valence-electron chi connectivity index (χ1n) is 11.5. The third-order valence-electron chi connectivity index (χ3n) is 6.92. The van der Waals surface area contributed by atoms with Crippen molar-refractivity contribution in [3.05, 3.63) is 40.5 Å². The number of fused-ring (bicyclic) bond motifs is 2. The Morgan fingerprint density at radius 2 is 2.13 bits per heavy atom. The second kappa shape index (κ2) is 9.47. The largest absolute Gasteiger partial charge is 0.492 e. The summed E-state index contributed by atoms with van der Waals surface area (Å²) in [5.74, 6) is 2.66. The summed E-state index contributed by atoms with van der Waals surface area (Å²) in [4.78, 5) is 15.6. The summed E-state index contributed by atoms with van der Waals surface area (Å²) < 4.78 is 17.1. The quantitative estimate of drug-likeness (QED) is 0.549. The number of hydrogen-bond donors (Lipinski definition) is 0. The molecule has 31 heavy (non-hydrogen) atoms. The molecule has 0 radical (unpaired) electrons. The van der Waals surface area contributed by atoms with E-state index in [0.717, 1.165) is 62.1 Å². The van der Waals surface area contributed by atoms with Crippen LogP contribution in [0.2, 0.25) is 0 Å². The number of carbonyl (C=O) groups excluding carboxylic acids is 1. The second-order valence-corrected chi connectivity index (χ2v) is 9.29. The first kappa shape index (κ1) is 21.9. The van der Waals surface area contributed by atoms with Gasteiger partial charge in [0.05, 0.1) is 7.11 Å². The predicted molar refractivity (Wildman–Crippen MR) is 122 cm³/mol. The van der Waals surface area contributed by atoms with Crippen LogP contribution in [0.4, 0.5) is 0 Å². The van der Waals surface area contributed by atoms with Gasteiger partial charge in [0.25, 0.3) is 0 Å². The summed E-state index contributed by atoms with van der Waals surface area (Å²) in [7, 11) is 3.78. The Morgan fingerprint density at radius 3 is 2.84 bits per heavy atom. The zero-order chi connectivity index (χ0) is 22.0. The minimum atomic E-state index is 0.0174. The third kappa shape index (κ3) is 4.67. The second-order valence-electron chi connectivity index (χ2n) is 9.29. The van der Waals surface area contributed by atoms with Gasteiger partial charge in [-0.1, -0.05) is 23.3 Å². The van der Waals surface area contributed by atoms with Crippen LogP contribution < -0.4 is 14.2 Å². The van der Waals surface area contributed by atoms with Crippen LogP contribution in [0.5, 0.6) is 17.2 Å². The van der Waals surface area contributed by atoms with Crippen molar-refractivity contribution in [2.75, 3.05) is 27.5 Å². The fourth-order valence-electron chi connectivity index (χ4n) is 5.09. The molecule has 5 nitrogen and oxygen atoms in total. The van der Waals surface area contributed by atoms with Gasteiger partial charge in [-0.25, -0.2) is 0 Å². The lowest BCUT2D eigenvalue weighted by Crippen LogP contribution is -2.35. The number of ketones is 1. The Kier molecular flexibility index (Phi) is 6.71. The molecule has 0 N–H and O–H groups in total. The molecule has 0 saturated heterocycles. The van der Waals surface area contributed by atoms with Crippen LogP contribution in [0, 0.1) is 5.92 Å². The lowest BCUT2D eigenvalue weighted by molar-refractivity contribution is -0.124. The molecule has 5 heteroatoms. The minimum absolute atomic E-state index is 0.0174. The summed E-state index contributed by atoms with van der Waals surface area (Å²) in [6, 6.07) is 2.09. The highest BCUT2D eigenvalue weighted by atomic mass is 16.7. The maximum atomic E-state index is 13.3. The van der Waals surface area contributed by atoms with Gasteiger partial charge < -0.3 is 14.2 Å². The SMILES string of the molecule is COc1c2c(cc3c1[C@H](CC(=O)[C@H]1CC=C(CCC=C(C)C)CC1)N(C)CC3)OCO2. The summed E-state index contributed by atoms with van der Waals surface area (Å²) in [5, 5.41) is 0. The standard InChI is InChI=1S/C26H35NO4/c1-17(2)6-5-7-18-8-10-19(11-9-18)22(28)15-21-24-20(12-13-27(21)3)14-23-25(26(24)29-4)31-16-30-23/h6,8,14,19,21H,5,7,9-13,15-16H2,1-4H3/t19-,21-/m0/s1.